The molecule has 0 atom stereocenters. The number of likely N-dealkylation sites (tertiary alicyclic amines) is 1. The second-order valence-corrected chi connectivity index (χ2v) is 10.6. The summed E-state index contributed by atoms with van der Waals surface area (Å²) in [5.41, 5.74) is 1.12. The number of rotatable bonds is 12. The molecule has 1 fully saturated rings. The molecule has 2 amide bonds. The van der Waals surface area contributed by atoms with Crippen molar-refractivity contribution >= 4 is 34.9 Å². The summed E-state index contributed by atoms with van der Waals surface area (Å²) in [4.78, 5) is 36.4. The maximum Gasteiger partial charge on any atom is 0.270 e. The van der Waals surface area contributed by atoms with Gasteiger partial charge in [0.25, 0.3) is 11.8 Å². The number of amides is 2. The van der Waals surface area contributed by atoms with E-state index < -0.39 is 0 Å². The van der Waals surface area contributed by atoms with Crippen LogP contribution in [0.3, 0.4) is 0 Å². The van der Waals surface area contributed by atoms with Crippen LogP contribution in [-0.4, -0.2) is 65.3 Å². The molecule has 7 nitrogen and oxygen atoms in total. The molecule has 3 heterocycles. The summed E-state index contributed by atoms with van der Waals surface area (Å²) >= 11 is 3.05. The van der Waals surface area contributed by atoms with Gasteiger partial charge in [-0.15, -0.1) is 29.7 Å². The molecule has 184 valence electrons. The maximum absolute atomic E-state index is 13.1. The number of aromatic nitrogens is 2. The Labute approximate surface area is 210 Å². The molecule has 1 N–H and O–H groups in total. The minimum Gasteiger partial charge on any atom is -0.381 e. The molecule has 0 saturated carbocycles. The van der Waals surface area contributed by atoms with Crippen molar-refractivity contribution < 1.29 is 14.3 Å². The number of piperidine rings is 1. The summed E-state index contributed by atoms with van der Waals surface area (Å²) in [6.45, 7) is 11.3. The largest absolute Gasteiger partial charge is 0.381 e. The first-order valence-corrected chi connectivity index (χ1v) is 13.7. The van der Waals surface area contributed by atoms with Gasteiger partial charge in [0.05, 0.1) is 10.6 Å². The van der Waals surface area contributed by atoms with Gasteiger partial charge in [-0.2, -0.15) is 0 Å². The highest BCUT2D eigenvalue weighted by Crippen LogP contribution is 2.31. The monoisotopic (exact) mass is 502 g/mol. The van der Waals surface area contributed by atoms with Crippen LogP contribution in [-0.2, 0) is 4.74 Å². The van der Waals surface area contributed by atoms with Crippen LogP contribution in [0.2, 0.25) is 0 Å². The average Bonchev–Trinajstić information content (AvgIpc) is 3.35. The molecule has 34 heavy (non-hydrogen) atoms. The third-order valence-electron chi connectivity index (χ3n) is 5.43. The highest BCUT2D eigenvalue weighted by Gasteiger charge is 2.28. The molecule has 0 unspecified atom stereocenters. The third-order valence-corrected chi connectivity index (χ3v) is 7.44. The fraction of sp³-hybridized carbons (Fsp3) is 0.520. The van der Waals surface area contributed by atoms with Gasteiger partial charge >= 0.3 is 0 Å². The topological polar surface area (TPSA) is 84.4 Å². The van der Waals surface area contributed by atoms with E-state index in [4.69, 9.17) is 4.74 Å². The summed E-state index contributed by atoms with van der Waals surface area (Å²) in [7, 11) is 0. The first-order valence-electron chi connectivity index (χ1n) is 11.8. The average molecular weight is 503 g/mol. The van der Waals surface area contributed by atoms with Crippen LogP contribution >= 0.6 is 23.1 Å². The number of pyridine rings is 1. The van der Waals surface area contributed by atoms with Crippen molar-refractivity contribution in [2.45, 2.75) is 44.1 Å². The minimum absolute atomic E-state index is 0.0229. The lowest BCUT2D eigenvalue weighted by Gasteiger charge is -2.31. The van der Waals surface area contributed by atoms with Gasteiger partial charge in [-0.3, -0.25) is 9.59 Å². The summed E-state index contributed by atoms with van der Waals surface area (Å²) in [6.07, 6.45) is 5.98. The second kappa shape index (κ2) is 13.6. The van der Waals surface area contributed by atoms with Crippen LogP contribution in [0.15, 0.2) is 41.4 Å². The van der Waals surface area contributed by atoms with Crippen molar-refractivity contribution in [2.75, 3.05) is 38.6 Å². The first-order chi connectivity index (χ1) is 16.5. The lowest BCUT2D eigenvalue weighted by Crippen LogP contribution is -2.38. The summed E-state index contributed by atoms with van der Waals surface area (Å²) in [5, 5.41) is 6.47. The van der Waals surface area contributed by atoms with E-state index in [0.717, 1.165) is 35.9 Å². The van der Waals surface area contributed by atoms with Crippen molar-refractivity contribution in [3.8, 4) is 0 Å². The van der Waals surface area contributed by atoms with Crippen LogP contribution in [0.1, 0.15) is 64.9 Å². The molecule has 0 aromatic carbocycles. The lowest BCUT2D eigenvalue weighted by atomic mass is 9.97. The lowest BCUT2D eigenvalue weighted by molar-refractivity contribution is 0.0708. The van der Waals surface area contributed by atoms with Crippen molar-refractivity contribution in [1.29, 1.82) is 0 Å². The fourth-order valence-electron chi connectivity index (χ4n) is 3.67. The van der Waals surface area contributed by atoms with Crippen molar-refractivity contribution in [1.82, 2.24) is 20.2 Å². The van der Waals surface area contributed by atoms with Gasteiger partial charge in [-0.05, 0) is 37.3 Å². The van der Waals surface area contributed by atoms with Crippen molar-refractivity contribution in [3.05, 3.63) is 52.6 Å². The van der Waals surface area contributed by atoms with Crippen LogP contribution in [0.25, 0.3) is 0 Å². The van der Waals surface area contributed by atoms with Gasteiger partial charge in [-0.1, -0.05) is 19.9 Å². The zero-order valence-electron chi connectivity index (χ0n) is 20.0. The molecule has 2 aromatic rings. The molecular formula is C25H34N4O3S2. The highest BCUT2D eigenvalue weighted by atomic mass is 32.2. The Bertz CT molecular complexity index is 955. The Hall–Kier alpha value is -2.23. The van der Waals surface area contributed by atoms with Crippen LogP contribution < -0.4 is 5.32 Å². The number of ether oxygens (including phenoxy) is 1. The molecule has 0 aliphatic carbocycles. The molecular weight excluding hydrogens is 468 g/mol. The summed E-state index contributed by atoms with van der Waals surface area (Å²) < 4.78 is 5.54. The van der Waals surface area contributed by atoms with Crippen LogP contribution in [0.4, 0.5) is 0 Å². The van der Waals surface area contributed by atoms with E-state index in [1.165, 1.54) is 23.1 Å². The van der Waals surface area contributed by atoms with Crippen molar-refractivity contribution in [2.24, 2.45) is 5.92 Å². The van der Waals surface area contributed by atoms with E-state index in [1.807, 2.05) is 22.4 Å². The number of hydrogen-bond acceptors (Lipinski definition) is 7. The number of nitrogens with zero attached hydrogens (tertiary/aromatic N) is 3. The quantitative estimate of drug-likeness (QED) is 0.259. The first kappa shape index (κ1) is 26.4. The number of carbonyl (C=O) groups is 2. The minimum atomic E-state index is -0.139. The molecule has 1 aliphatic heterocycles. The Morgan fingerprint density at radius 3 is 2.91 bits per heavy atom. The van der Waals surface area contributed by atoms with E-state index in [1.54, 1.807) is 12.3 Å². The molecule has 0 spiro atoms. The van der Waals surface area contributed by atoms with Gasteiger partial charge in [0, 0.05) is 56.1 Å². The molecule has 1 saturated heterocycles. The van der Waals surface area contributed by atoms with E-state index in [-0.39, 0.29) is 17.7 Å². The Kier molecular flexibility index (Phi) is 10.6. The number of hydrogen-bond donors (Lipinski definition) is 1. The fourth-order valence-corrected chi connectivity index (χ4v) is 5.36. The van der Waals surface area contributed by atoms with Gasteiger partial charge in [-0.25, -0.2) is 9.97 Å². The zero-order chi connectivity index (χ0) is 24.3. The smallest absolute Gasteiger partial charge is 0.270 e. The van der Waals surface area contributed by atoms with E-state index >= 15 is 0 Å². The molecule has 2 aromatic heterocycles. The number of thiazole rings is 1. The van der Waals surface area contributed by atoms with Gasteiger partial charge in [0.1, 0.15) is 10.7 Å². The molecule has 0 bridgehead atoms. The van der Waals surface area contributed by atoms with E-state index in [0.29, 0.717) is 49.2 Å². The van der Waals surface area contributed by atoms with E-state index in [2.05, 4.69) is 35.7 Å². The number of carbonyl (C=O) groups excluding carboxylic acids is 2. The third kappa shape index (κ3) is 7.65. The normalized spacial score (nSPS) is 14.4. The molecule has 0 radical (unpaired) electrons. The predicted molar refractivity (Wildman–Crippen MR) is 138 cm³/mol. The predicted octanol–water partition coefficient (Wildman–Crippen LogP) is 4.63. The summed E-state index contributed by atoms with van der Waals surface area (Å²) in [5.74, 6) is 1.38. The Morgan fingerprint density at radius 1 is 1.38 bits per heavy atom. The molecule has 3 rings (SSSR count). The van der Waals surface area contributed by atoms with Crippen LogP contribution in [0.5, 0.6) is 0 Å². The van der Waals surface area contributed by atoms with Gasteiger partial charge in [0.15, 0.2) is 0 Å². The van der Waals surface area contributed by atoms with Crippen molar-refractivity contribution in [3.63, 3.8) is 0 Å². The maximum atomic E-state index is 13.1. The summed E-state index contributed by atoms with van der Waals surface area (Å²) in [6, 6.07) is 3.65. The molecule has 1 aliphatic rings. The zero-order valence-corrected chi connectivity index (χ0v) is 21.6. The number of thioether (sulfide) groups is 1. The van der Waals surface area contributed by atoms with Gasteiger partial charge in [0.2, 0.25) is 0 Å². The SMILES string of the molecule is C=CCSc1ncccc1C(=O)N1CCC(c2nc(C(=O)NCCCOCC(C)C)cs2)CC1. The molecule has 9 heteroatoms. The Balaban J connectivity index is 1.46. The standard InChI is InChI=1S/C25H34N4O3S2/c1-4-15-33-24-20(7-5-10-27-24)25(31)29-12-8-19(9-13-29)23-28-21(17-34-23)22(30)26-11-6-14-32-16-18(2)3/h4-5,7,10,17-19H,1,6,8-9,11-16H2,2-3H3,(H,26,30). The number of nitrogens with one attached hydrogen (secondary N) is 1. The highest BCUT2D eigenvalue weighted by molar-refractivity contribution is 7.99. The second-order valence-electron chi connectivity index (χ2n) is 8.67. The van der Waals surface area contributed by atoms with Gasteiger partial charge < -0.3 is 15.0 Å². The van der Waals surface area contributed by atoms with E-state index in [9.17, 15) is 9.59 Å². The van der Waals surface area contributed by atoms with Crippen LogP contribution in [0, 0.1) is 5.92 Å². The Morgan fingerprint density at radius 2 is 2.18 bits per heavy atom.